The van der Waals surface area contributed by atoms with E-state index >= 15 is 0 Å². The molecule has 0 radical (unpaired) electrons. The highest BCUT2D eigenvalue weighted by Gasteiger charge is 2.20. The van der Waals surface area contributed by atoms with Crippen LogP contribution in [-0.2, 0) is 24.0 Å². The first-order valence-electron chi connectivity index (χ1n) is 5.79. The Morgan fingerprint density at radius 3 is 2.20 bits per heavy atom. The van der Waals surface area contributed by atoms with Gasteiger partial charge in [0, 0.05) is 6.42 Å². The van der Waals surface area contributed by atoms with E-state index in [0.29, 0.717) is 0 Å². The molecule has 0 aliphatic rings. The molecule has 9 heteroatoms. The lowest BCUT2D eigenvalue weighted by Gasteiger charge is -2.13. The minimum atomic E-state index is -1.31. The van der Waals surface area contributed by atoms with Gasteiger partial charge in [-0.05, 0) is 13.3 Å². The molecule has 3 amide bonds. The van der Waals surface area contributed by atoms with Gasteiger partial charge in [0.25, 0.3) is 0 Å². The molecule has 0 spiro atoms. The van der Waals surface area contributed by atoms with E-state index in [-0.39, 0.29) is 25.0 Å². The number of hydrogen-bond donors (Lipinski definition) is 4. The smallest absolute Gasteiger partial charge is 0.326 e. The molecule has 5 N–H and O–H groups in total. The summed E-state index contributed by atoms with van der Waals surface area (Å²) in [5.74, 6) is -3.71. The standard InChI is InChI=1S/C11H17N3O6/c1-6(15)4-9(17)13-5-10(18)14-7(11(19)20)2-3-8(12)16/h7H,2-5H2,1H3,(H2,12,16)(H,13,17)(H,14,18)(H,19,20). The Morgan fingerprint density at radius 1 is 1.15 bits per heavy atom. The van der Waals surface area contributed by atoms with Gasteiger partial charge in [0.2, 0.25) is 17.7 Å². The Hall–Kier alpha value is -2.45. The van der Waals surface area contributed by atoms with E-state index < -0.39 is 36.3 Å². The highest BCUT2D eigenvalue weighted by Crippen LogP contribution is 1.97. The van der Waals surface area contributed by atoms with Crippen LogP contribution in [0.4, 0.5) is 0 Å². The van der Waals surface area contributed by atoms with Crippen molar-refractivity contribution < 1.29 is 29.1 Å². The fourth-order valence-corrected chi connectivity index (χ4v) is 1.26. The number of nitrogens with one attached hydrogen (secondary N) is 2. The van der Waals surface area contributed by atoms with Crippen LogP contribution in [0.2, 0.25) is 0 Å². The summed E-state index contributed by atoms with van der Waals surface area (Å²) in [6, 6.07) is -1.26. The lowest BCUT2D eigenvalue weighted by Crippen LogP contribution is -2.46. The number of carboxylic acids is 1. The van der Waals surface area contributed by atoms with Crippen molar-refractivity contribution >= 4 is 29.5 Å². The van der Waals surface area contributed by atoms with Crippen LogP contribution in [0.5, 0.6) is 0 Å². The van der Waals surface area contributed by atoms with Gasteiger partial charge >= 0.3 is 5.97 Å². The second-order valence-electron chi connectivity index (χ2n) is 4.12. The SMILES string of the molecule is CC(=O)CC(=O)NCC(=O)NC(CCC(N)=O)C(=O)O. The summed E-state index contributed by atoms with van der Waals surface area (Å²) < 4.78 is 0. The largest absolute Gasteiger partial charge is 0.480 e. The maximum Gasteiger partial charge on any atom is 0.326 e. The molecular formula is C11H17N3O6. The molecule has 0 aromatic rings. The third-order valence-electron chi connectivity index (χ3n) is 2.17. The molecule has 0 saturated carbocycles. The van der Waals surface area contributed by atoms with Crippen LogP contribution in [0, 0.1) is 0 Å². The van der Waals surface area contributed by atoms with Crippen LogP contribution in [0.25, 0.3) is 0 Å². The second kappa shape index (κ2) is 8.62. The average Bonchev–Trinajstić information content (AvgIpc) is 2.30. The number of ketones is 1. The van der Waals surface area contributed by atoms with Crippen LogP contribution in [0.1, 0.15) is 26.2 Å². The molecule has 0 aliphatic heterocycles. The van der Waals surface area contributed by atoms with Crippen LogP contribution >= 0.6 is 0 Å². The lowest BCUT2D eigenvalue weighted by atomic mass is 10.1. The van der Waals surface area contributed by atoms with E-state index in [1.54, 1.807) is 0 Å². The number of hydrogen-bond acceptors (Lipinski definition) is 5. The fraction of sp³-hybridized carbons (Fsp3) is 0.545. The normalized spacial score (nSPS) is 11.2. The van der Waals surface area contributed by atoms with Gasteiger partial charge in [-0.1, -0.05) is 0 Å². The molecule has 1 unspecified atom stereocenters. The number of aliphatic carboxylic acids is 1. The van der Waals surface area contributed by atoms with Crippen molar-refractivity contribution in [2.45, 2.75) is 32.2 Å². The molecule has 0 aromatic heterocycles. The van der Waals surface area contributed by atoms with Crippen molar-refractivity contribution in [2.24, 2.45) is 5.73 Å². The van der Waals surface area contributed by atoms with E-state index in [1.165, 1.54) is 6.92 Å². The van der Waals surface area contributed by atoms with Crippen molar-refractivity contribution in [3.05, 3.63) is 0 Å². The lowest BCUT2D eigenvalue weighted by molar-refractivity contribution is -0.142. The quantitative estimate of drug-likeness (QED) is 0.356. The Bertz CT molecular complexity index is 420. The van der Waals surface area contributed by atoms with Gasteiger partial charge in [-0.15, -0.1) is 0 Å². The molecule has 20 heavy (non-hydrogen) atoms. The molecule has 9 nitrogen and oxygen atoms in total. The van der Waals surface area contributed by atoms with E-state index in [0.717, 1.165) is 0 Å². The van der Waals surface area contributed by atoms with E-state index in [2.05, 4.69) is 10.6 Å². The highest BCUT2D eigenvalue weighted by molar-refractivity contribution is 5.98. The number of amides is 3. The minimum Gasteiger partial charge on any atom is -0.480 e. The van der Waals surface area contributed by atoms with Gasteiger partial charge in [-0.3, -0.25) is 19.2 Å². The Labute approximate surface area is 114 Å². The van der Waals surface area contributed by atoms with Gasteiger partial charge < -0.3 is 21.5 Å². The number of carbonyl (C=O) groups excluding carboxylic acids is 4. The summed E-state index contributed by atoms with van der Waals surface area (Å²) in [5.41, 5.74) is 4.88. The van der Waals surface area contributed by atoms with Gasteiger partial charge in [0.05, 0.1) is 13.0 Å². The first kappa shape index (κ1) is 17.6. The number of primary amides is 1. The number of nitrogens with two attached hydrogens (primary N) is 1. The predicted molar refractivity (Wildman–Crippen MR) is 66.3 cm³/mol. The molecule has 0 bridgehead atoms. The Kier molecular flexibility index (Phi) is 7.56. The van der Waals surface area contributed by atoms with Crippen molar-refractivity contribution in [2.75, 3.05) is 6.54 Å². The second-order valence-corrected chi connectivity index (χ2v) is 4.12. The summed E-state index contributed by atoms with van der Waals surface area (Å²) in [5, 5.41) is 13.1. The number of Topliss-reactive ketones (excluding diaryl/α,β-unsaturated/α-hetero) is 1. The average molecular weight is 287 g/mol. The van der Waals surface area contributed by atoms with Gasteiger partial charge in [0.15, 0.2) is 0 Å². The number of carbonyl (C=O) groups is 5. The van der Waals surface area contributed by atoms with Crippen LogP contribution in [-0.4, -0.2) is 47.2 Å². The zero-order valence-corrected chi connectivity index (χ0v) is 11.0. The molecule has 0 fully saturated rings. The zero-order valence-electron chi connectivity index (χ0n) is 11.0. The number of carboxylic acid groups (broad SMARTS) is 1. The summed E-state index contributed by atoms with van der Waals surface area (Å²) >= 11 is 0. The summed E-state index contributed by atoms with van der Waals surface area (Å²) in [6.07, 6.45) is -0.678. The zero-order chi connectivity index (χ0) is 15.7. The molecule has 1 atom stereocenters. The minimum absolute atomic E-state index is 0.141. The van der Waals surface area contributed by atoms with Crippen LogP contribution in [0.3, 0.4) is 0 Å². The van der Waals surface area contributed by atoms with Gasteiger partial charge in [0.1, 0.15) is 11.8 Å². The summed E-state index contributed by atoms with van der Waals surface area (Å²) in [6.45, 7) is 0.774. The summed E-state index contributed by atoms with van der Waals surface area (Å²) in [4.78, 5) is 54.5. The number of rotatable bonds is 9. The van der Waals surface area contributed by atoms with Crippen LogP contribution in [0.15, 0.2) is 0 Å². The summed E-state index contributed by atoms with van der Waals surface area (Å²) in [7, 11) is 0. The molecule has 112 valence electrons. The fourth-order valence-electron chi connectivity index (χ4n) is 1.26. The maximum absolute atomic E-state index is 11.4. The molecule has 0 rings (SSSR count). The van der Waals surface area contributed by atoms with Crippen molar-refractivity contribution in [3.8, 4) is 0 Å². The van der Waals surface area contributed by atoms with E-state index in [9.17, 15) is 24.0 Å². The van der Waals surface area contributed by atoms with Crippen molar-refractivity contribution in [1.29, 1.82) is 0 Å². The highest BCUT2D eigenvalue weighted by atomic mass is 16.4. The monoisotopic (exact) mass is 287 g/mol. The molecule has 0 aliphatic carbocycles. The molecule has 0 aromatic carbocycles. The third kappa shape index (κ3) is 8.61. The van der Waals surface area contributed by atoms with Gasteiger partial charge in [-0.2, -0.15) is 0 Å². The van der Waals surface area contributed by atoms with Crippen LogP contribution < -0.4 is 16.4 Å². The molecule has 0 heterocycles. The molecule has 0 saturated heterocycles. The maximum atomic E-state index is 11.4. The van der Waals surface area contributed by atoms with E-state index in [1.807, 2.05) is 0 Å². The Morgan fingerprint density at radius 2 is 1.75 bits per heavy atom. The first-order chi connectivity index (χ1) is 9.22. The molecular weight excluding hydrogens is 270 g/mol. The van der Waals surface area contributed by atoms with Crippen molar-refractivity contribution in [1.82, 2.24) is 10.6 Å². The van der Waals surface area contributed by atoms with Gasteiger partial charge in [-0.25, -0.2) is 4.79 Å². The first-order valence-corrected chi connectivity index (χ1v) is 5.79. The predicted octanol–water partition coefficient (Wildman–Crippen LogP) is -2.08. The van der Waals surface area contributed by atoms with Crippen molar-refractivity contribution in [3.63, 3.8) is 0 Å². The van der Waals surface area contributed by atoms with E-state index in [4.69, 9.17) is 10.8 Å². The Balaban J connectivity index is 4.19. The third-order valence-corrected chi connectivity index (χ3v) is 2.17. The topological polar surface area (TPSA) is 156 Å².